The summed E-state index contributed by atoms with van der Waals surface area (Å²) in [6, 6.07) is 5.51. The smallest absolute Gasteiger partial charge is 0.254 e. The van der Waals surface area contributed by atoms with E-state index in [0.29, 0.717) is 18.7 Å². The first-order valence-electron chi connectivity index (χ1n) is 5.29. The molecule has 0 N–H and O–H groups in total. The van der Waals surface area contributed by atoms with Crippen molar-refractivity contribution in [3.63, 3.8) is 0 Å². The average Bonchev–Trinajstić information content (AvgIpc) is 2.28. The van der Waals surface area contributed by atoms with Crippen molar-refractivity contribution in [1.29, 1.82) is 0 Å². The lowest BCUT2D eigenvalue weighted by Crippen LogP contribution is -2.33. The van der Waals surface area contributed by atoms with Crippen molar-refractivity contribution in [3.05, 3.63) is 32.7 Å². The number of alkyl halides is 1. The van der Waals surface area contributed by atoms with Crippen LogP contribution in [0.1, 0.15) is 10.4 Å². The molecule has 0 heterocycles. The third kappa shape index (κ3) is 4.64. The molecule has 6 heteroatoms. The Kier molecular flexibility index (Phi) is 6.84. The molecule has 0 aromatic heterocycles. The van der Waals surface area contributed by atoms with Crippen molar-refractivity contribution < 1.29 is 9.53 Å². The summed E-state index contributed by atoms with van der Waals surface area (Å²) >= 11 is 10.2. The Hall–Kier alpha value is 0.0900. The van der Waals surface area contributed by atoms with E-state index in [4.69, 9.17) is 4.74 Å². The maximum absolute atomic E-state index is 12.2. The highest BCUT2D eigenvalue weighted by Gasteiger charge is 2.17. The van der Waals surface area contributed by atoms with Gasteiger partial charge in [-0.25, -0.2) is 0 Å². The van der Waals surface area contributed by atoms with E-state index < -0.39 is 0 Å². The molecule has 1 atom stereocenters. The topological polar surface area (TPSA) is 29.5 Å². The molecule has 0 aliphatic heterocycles. The number of carbonyl (C=O) groups is 1. The summed E-state index contributed by atoms with van der Waals surface area (Å²) in [5, 5.41) is 0. The maximum atomic E-state index is 12.2. The molecule has 100 valence electrons. The summed E-state index contributed by atoms with van der Waals surface area (Å²) in [6.45, 7) is 1.16. The van der Waals surface area contributed by atoms with E-state index >= 15 is 0 Å². The molecule has 0 fully saturated rings. The number of ether oxygens (including phenoxy) is 1. The average molecular weight is 444 g/mol. The van der Waals surface area contributed by atoms with E-state index in [1.54, 1.807) is 25.1 Å². The van der Waals surface area contributed by atoms with Crippen molar-refractivity contribution in [2.45, 2.75) is 4.83 Å². The van der Waals surface area contributed by atoms with Crippen molar-refractivity contribution in [3.8, 4) is 0 Å². The molecular formula is C12H14Br3NO2. The number of benzene rings is 1. The van der Waals surface area contributed by atoms with Crippen LogP contribution in [-0.4, -0.2) is 42.9 Å². The van der Waals surface area contributed by atoms with Gasteiger partial charge in [-0.1, -0.05) is 31.9 Å². The molecule has 0 saturated carbocycles. The van der Waals surface area contributed by atoms with Crippen LogP contribution in [0.15, 0.2) is 27.1 Å². The number of amides is 1. The molecule has 1 unspecified atom stereocenters. The van der Waals surface area contributed by atoms with Crippen molar-refractivity contribution >= 4 is 53.7 Å². The van der Waals surface area contributed by atoms with Gasteiger partial charge in [-0.3, -0.25) is 4.79 Å². The highest BCUT2D eigenvalue weighted by Crippen LogP contribution is 2.23. The van der Waals surface area contributed by atoms with E-state index in [2.05, 4.69) is 47.8 Å². The molecule has 18 heavy (non-hydrogen) atoms. The van der Waals surface area contributed by atoms with Gasteiger partial charge in [0.1, 0.15) is 0 Å². The molecule has 0 bridgehead atoms. The number of rotatable bonds is 5. The molecule has 1 aromatic carbocycles. The van der Waals surface area contributed by atoms with Crippen LogP contribution in [-0.2, 0) is 4.74 Å². The van der Waals surface area contributed by atoms with Crippen LogP contribution in [0, 0.1) is 0 Å². The van der Waals surface area contributed by atoms with Gasteiger partial charge in [0.15, 0.2) is 0 Å². The molecule has 1 rings (SSSR count). The Morgan fingerprint density at radius 3 is 2.67 bits per heavy atom. The maximum Gasteiger partial charge on any atom is 0.254 e. The predicted octanol–water partition coefficient (Wildman–Crippen LogP) is 3.69. The Morgan fingerprint density at radius 1 is 1.44 bits per heavy atom. The van der Waals surface area contributed by atoms with Crippen LogP contribution in [0.5, 0.6) is 0 Å². The zero-order valence-electron chi connectivity index (χ0n) is 10.1. The second-order valence-corrected chi connectivity index (χ2v) is 6.93. The zero-order valence-corrected chi connectivity index (χ0v) is 14.9. The lowest BCUT2D eigenvalue weighted by Gasteiger charge is -2.21. The monoisotopic (exact) mass is 441 g/mol. The SMILES string of the molecule is COCC(Br)CN(C)C(=O)c1ccc(Br)cc1Br. The molecular weight excluding hydrogens is 430 g/mol. The Labute approximate surface area is 132 Å². The summed E-state index contributed by atoms with van der Waals surface area (Å²) in [6.07, 6.45) is 0. The highest BCUT2D eigenvalue weighted by molar-refractivity contribution is 9.11. The molecule has 0 aliphatic carbocycles. The third-order valence-electron chi connectivity index (χ3n) is 2.33. The zero-order chi connectivity index (χ0) is 13.7. The summed E-state index contributed by atoms with van der Waals surface area (Å²) in [5.41, 5.74) is 0.651. The van der Waals surface area contributed by atoms with Crippen LogP contribution in [0.3, 0.4) is 0 Å². The first-order valence-corrected chi connectivity index (χ1v) is 7.79. The van der Waals surface area contributed by atoms with E-state index in [1.165, 1.54) is 0 Å². The number of hydrogen-bond acceptors (Lipinski definition) is 2. The van der Waals surface area contributed by atoms with E-state index in [-0.39, 0.29) is 10.7 Å². The first kappa shape index (κ1) is 16.1. The molecule has 3 nitrogen and oxygen atoms in total. The van der Waals surface area contributed by atoms with Crippen LogP contribution in [0.4, 0.5) is 0 Å². The van der Waals surface area contributed by atoms with E-state index in [9.17, 15) is 4.79 Å². The molecule has 0 aliphatic rings. The normalized spacial score (nSPS) is 12.3. The molecule has 0 saturated heterocycles. The van der Waals surface area contributed by atoms with Gasteiger partial charge < -0.3 is 9.64 Å². The van der Waals surface area contributed by atoms with Crippen LogP contribution >= 0.6 is 47.8 Å². The molecule has 0 radical (unpaired) electrons. The molecule has 1 amide bonds. The first-order chi connectivity index (χ1) is 8.45. The van der Waals surface area contributed by atoms with Gasteiger partial charge in [-0.2, -0.15) is 0 Å². The minimum atomic E-state index is -0.0186. The third-order valence-corrected chi connectivity index (χ3v) is 4.03. The van der Waals surface area contributed by atoms with Crippen LogP contribution in [0.25, 0.3) is 0 Å². The summed E-state index contributed by atoms with van der Waals surface area (Å²) in [7, 11) is 3.42. The van der Waals surface area contributed by atoms with Gasteiger partial charge in [0.2, 0.25) is 0 Å². The van der Waals surface area contributed by atoms with Gasteiger partial charge in [0.05, 0.1) is 17.0 Å². The van der Waals surface area contributed by atoms with Gasteiger partial charge >= 0.3 is 0 Å². The van der Waals surface area contributed by atoms with Gasteiger partial charge in [-0.15, -0.1) is 0 Å². The van der Waals surface area contributed by atoms with Gasteiger partial charge in [-0.05, 0) is 34.1 Å². The Balaban J connectivity index is 2.74. The Bertz CT molecular complexity index is 426. The number of hydrogen-bond donors (Lipinski definition) is 0. The van der Waals surface area contributed by atoms with Crippen molar-refractivity contribution in [2.75, 3.05) is 27.3 Å². The minimum absolute atomic E-state index is 0.0186. The molecule has 0 spiro atoms. The largest absolute Gasteiger partial charge is 0.383 e. The standard InChI is InChI=1S/C12H14Br3NO2/c1-16(6-9(14)7-18-2)12(17)10-4-3-8(13)5-11(10)15/h3-5,9H,6-7H2,1-2H3. The van der Waals surface area contributed by atoms with Crippen molar-refractivity contribution in [1.82, 2.24) is 4.90 Å². The number of carbonyl (C=O) groups excluding carboxylic acids is 1. The van der Waals surface area contributed by atoms with Gasteiger partial charge in [0.25, 0.3) is 5.91 Å². The number of methoxy groups -OCH3 is 1. The second-order valence-electron chi connectivity index (χ2n) is 3.86. The predicted molar refractivity (Wildman–Crippen MR) is 83.4 cm³/mol. The summed E-state index contributed by atoms with van der Waals surface area (Å²) in [4.78, 5) is 14.0. The van der Waals surface area contributed by atoms with E-state index in [0.717, 1.165) is 8.95 Å². The minimum Gasteiger partial charge on any atom is -0.383 e. The van der Waals surface area contributed by atoms with Crippen LogP contribution in [0.2, 0.25) is 0 Å². The fraction of sp³-hybridized carbons (Fsp3) is 0.417. The fourth-order valence-corrected chi connectivity index (χ4v) is 3.40. The fourth-order valence-electron chi connectivity index (χ4n) is 1.48. The summed E-state index contributed by atoms with van der Waals surface area (Å²) in [5.74, 6) is -0.0186. The quantitative estimate of drug-likeness (QED) is 0.649. The molecule has 1 aromatic rings. The number of nitrogens with zero attached hydrogens (tertiary/aromatic N) is 1. The van der Waals surface area contributed by atoms with E-state index in [1.807, 2.05) is 12.1 Å². The Morgan fingerprint density at radius 2 is 2.11 bits per heavy atom. The van der Waals surface area contributed by atoms with Crippen molar-refractivity contribution in [2.24, 2.45) is 0 Å². The van der Waals surface area contributed by atoms with Crippen LogP contribution < -0.4 is 0 Å². The summed E-state index contributed by atoms with van der Waals surface area (Å²) < 4.78 is 6.75. The lowest BCUT2D eigenvalue weighted by atomic mass is 10.2. The lowest BCUT2D eigenvalue weighted by molar-refractivity contribution is 0.0783. The van der Waals surface area contributed by atoms with Gasteiger partial charge in [0, 0.05) is 29.6 Å². The highest BCUT2D eigenvalue weighted by atomic mass is 79.9. The number of halogens is 3. The second kappa shape index (κ2) is 7.62.